The number of methoxy groups -OCH3 is 1. The molecule has 188 valence electrons. The van der Waals surface area contributed by atoms with E-state index < -0.39 is 0 Å². The van der Waals surface area contributed by atoms with Crippen molar-refractivity contribution in [3.8, 4) is 11.9 Å². The van der Waals surface area contributed by atoms with Crippen molar-refractivity contribution < 1.29 is 4.74 Å². The van der Waals surface area contributed by atoms with Crippen LogP contribution < -0.4 is 20.3 Å². The summed E-state index contributed by atoms with van der Waals surface area (Å²) in [5.74, 6) is 1.75. The lowest BCUT2D eigenvalue weighted by Gasteiger charge is -2.23. The highest BCUT2D eigenvalue weighted by Gasteiger charge is 2.24. The van der Waals surface area contributed by atoms with Gasteiger partial charge in [-0.25, -0.2) is 4.90 Å². The van der Waals surface area contributed by atoms with Crippen molar-refractivity contribution in [2.75, 3.05) is 42.3 Å². The quantitative estimate of drug-likeness (QED) is 0.275. The summed E-state index contributed by atoms with van der Waals surface area (Å²) in [4.78, 5) is 17.8. The summed E-state index contributed by atoms with van der Waals surface area (Å²) in [6.07, 6.45) is 11.7. The number of hydrogen-bond acceptors (Lipinski definition) is 9. The first kappa shape index (κ1) is 25.3. The molecule has 35 heavy (non-hydrogen) atoms. The zero-order valence-corrected chi connectivity index (χ0v) is 21.4. The van der Waals surface area contributed by atoms with Gasteiger partial charge in [0, 0.05) is 18.6 Å². The monoisotopic (exact) mass is 498 g/mol. The molecule has 2 fully saturated rings. The first-order valence-electron chi connectivity index (χ1n) is 12.6. The molecule has 9 nitrogen and oxygen atoms in total. The second kappa shape index (κ2) is 12.2. The molecule has 1 aliphatic carbocycles. The van der Waals surface area contributed by atoms with E-state index in [1.165, 1.54) is 37.0 Å². The van der Waals surface area contributed by atoms with E-state index in [9.17, 15) is 5.26 Å². The van der Waals surface area contributed by atoms with E-state index in [-0.39, 0.29) is 5.95 Å². The van der Waals surface area contributed by atoms with Crippen LogP contribution in [-0.4, -0.2) is 58.7 Å². The molecule has 2 aromatic rings. The normalized spacial score (nSPS) is 19.1. The lowest BCUT2D eigenvalue weighted by molar-refractivity contribution is 0.277. The van der Waals surface area contributed by atoms with Crippen LogP contribution in [-0.2, 0) is 0 Å². The Morgan fingerprint density at radius 3 is 2.57 bits per heavy atom. The van der Waals surface area contributed by atoms with Gasteiger partial charge in [0.25, 0.3) is 0 Å². The maximum absolute atomic E-state index is 10.0. The van der Waals surface area contributed by atoms with Crippen LogP contribution in [0, 0.1) is 11.5 Å². The second-order valence-corrected chi connectivity index (χ2v) is 9.58. The highest BCUT2D eigenvalue weighted by atomic mass is 35.5. The van der Waals surface area contributed by atoms with Gasteiger partial charge in [-0.3, -0.25) is 4.90 Å². The zero-order chi connectivity index (χ0) is 24.6. The highest BCUT2D eigenvalue weighted by molar-refractivity contribution is 6.32. The molecule has 10 heteroatoms. The Labute approximate surface area is 212 Å². The largest absolute Gasteiger partial charge is 0.495 e. The minimum Gasteiger partial charge on any atom is -0.495 e. The molecule has 1 aromatic heterocycles. The Morgan fingerprint density at radius 1 is 1.11 bits per heavy atom. The third-order valence-electron chi connectivity index (χ3n) is 6.91. The van der Waals surface area contributed by atoms with Crippen LogP contribution in [0.1, 0.15) is 58.3 Å². The van der Waals surface area contributed by atoms with E-state index >= 15 is 0 Å². The van der Waals surface area contributed by atoms with Crippen molar-refractivity contribution in [2.24, 2.45) is 0 Å². The Bertz CT molecular complexity index is 1020. The number of halogens is 1. The SMILES string of the molecule is CCN1CCCC1CNc1nc(NC2CCCCCC2)nc(N(C#N)c2ccc(OC)c(Cl)c2)n1. The van der Waals surface area contributed by atoms with Crippen LogP contribution in [0.2, 0.25) is 5.02 Å². The maximum Gasteiger partial charge on any atom is 0.250 e. The van der Waals surface area contributed by atoms with Gasteiger partial charge in [0.05, 0.1) is 17.8 Å². The lowest BCUT2D eigenvalue weighted by Crippen LogP contribution is -2.35. The predicted molar refractivity (Wildman–Crippen MR) is 139 cm³/mol. The van der Waals surface area contributed by atoms with Gasteiger partial charge in [-0.2, -0.15) is 20.2 Å². The van der Waals surface area contributed by atoms with Crippen molar-refractivity contribution in [3.05, 3.63) is 23.2 Å². The number of nitriles is 1. The predicted octanol–water partition coefficient (Wildman–Crippen LogP) is 5.18. The molecule has 1 unspecified atom stereocenters. The molecule has 0 radical (unpaired) electrons. The van der Waals surface area contributed by atoms with Crippen LogP contribution in [0.5, 0.6) is 5.75 Å². The second-order valence-electron chi connectivity index (χ2n) is 9.18. The fourth-order valence-electron chi connectivity index (χ4n) is 4.98. The van der Waals surface area contributed by atoms with Gasteiger partial charge in [-0.1, -0.05) is 44.2 Å². The summed E-state index contributed by atoms with van der Waals surface area (Å²) in [7, 11) is 1.56. The fraction of sp³-hybridized carbons (Fsp3) is 0.600. The number of aromatic nitrogens is 3. The number of nitrogens with one attached hydrogen (secondary N) is 2. The molecule has 0 bridgehead atoms. The molecule has 1 aromatic carbocycles. The molecule has 1 atom stereocenters. The van der Waals surface area contributed by atoms with Gasteiger partial charge in [0.15, 0.2) is 6.19 Å². The molecule has 4 rings (SSSR count). The van der Waals surface area contributed by atoms with E-state index in [1.807, 2.05) is 0 Å². The third-order valence-corrected chi connectivity index (χ3v) is 7.20. The van der Waals surface area contributed by atoms with Crippen molar-refractivity contribution in [1.82, 2.24) is 19.9 Å². The average Bonchev–Trinajstić information content (AvgIpc) is 3.18. The first-order valence-corrected chi connectivity index (χ1v) is 13.0. The van der Waals surface area contributed by atoms with E-state index in [1.54, 1.807) is 25.3 Å². The Balaban J connectivity index is 1.61. The summed E-state index contributed by atoms with van der Waals surface area (Å²) in [5, 5.41) is 17.4. The Morgan fingerprint density at radius 2 is 1.89 bits per heavy atom. The van der Waals surface area contributed by atoms with Gasteiger partial charge in [-0.05, 0) is 57.0 Å². The zero-order valence-electron chi connectivity index (χ0n) is 20.6. The molecule has 2 aliphatic rings. The lowest BCUT2D eigenvalue weighted by atomic mass is 10.1. The molecule has 2 N–H and O–H groups in total. The Hall–Kier alpha value is -2.83. The fourth-order valence-corrected chi connectivity index (χ4v) is 5.23. The average molecular weight is 499 g/mol. The van der Waals surface area contributed by atoms with Crippen LogP contribution in [0.25, 0.3) is 0 Å². The standard InChI is InChI=1S/C25H35ClN8O/c1-3-33-14-8-11-20(33)16-28-23-30-24(29-18-9-6-4-5-7-10-18)32-25(31-23)34(17-27)19-12-13-22(35-2)21(26)15-19/h12-13,15,18,20H,3-11,14,16H2,1-2H3,(H2,28,29,30,31,32). The van der Waals surface area contributed by atoms with E-state index in [0.717, 1.165) is 38.9 Å². The molecular weight excluding hydrogens is 464 g/mol. The maximum atomic E-state index is 10.0. The third kappa shape index (κ3) is 6.44. The first-order chi connectivity index (χ1) is 17.1. The summed E-state index contributed by atoms with van der Waals surface area (Å²) < 4.78 is 5.25. The van der Waals surface area contributed by atoms with Crippen LogP contribution >= 0.6 is 11.6 Å². The number of rotatable bonds is 9. The Kier molecular flexibility index (Phi) is 8.83. The summed E-state index contributed by atoms with van der Waals surface area (Å²) in [6.45, 7) is 5.10. The summed E-state index contributed by atoms with van der Waals surface area (Å²) in [5.41, 5.74) is 0.559. The number of ether oxygens (including phenoxy) is 1. The summed E-state index contributed by atoms with van der Waals surface area (Å²) in [6, 6.07) is 5.94. The molecule has 2 heterocycles. The minimum atomic E-state index is 0.251. The van der Waals surface area contributed by atoms with Gasteiger partial charge in [0.1, 0.15) is 5.75 Å². The number of likely N-dealkylation sites (N-methyl/N-ethyl adjacent to an activating group) is 1. The number of benzene rings is 1. The number of anilines is 4. The van der Waals surface area contributed by atoms with Gasteiger partial charge < -0.3 is 15.4 Å². The van der Waals surface area contributed by atoms with Crippen LogP contribution in [0.3, 0.4) is 0 Å². The van der Waals surface area contributed by atoms with Crippen molar-refractivity contribution in [1.29, 1.82) is 5.26 Å². The molecule has 1 aliphatic heterocycles. The van der Waals surface area contributed by atoms with E-state index in [0.29, 0.717) is 40.4 Å². The highest BCUT2D eigenvalue weighted by Crippen LogP contribution is 2.32. The van der Waals surface area contributed by atoms with E-state index in [4.69, 9.17) is 16.3 Å². The summed E-state index contributed by atoms with van der Waals surface area (Å²) >= 11 is 6.33. The van der Waals surface area contributed by atoms with Gasteiger partial charge in [-0.15, -0.1) is 0 Å². The smallest absolute Gasteiger partial charge is 0.250 e. The molecule has 0 spiro atoms. The minimum absolute atomic E-state index is 0.251. The van der Waals surface area contributed by atoms with Crippen LogP contribution in [0.4, 0.5) is 23.5 Å². The number of nitrogens with zero attached hydrogens (tertiary/aromatic N) is 6. The number of likely N-dealkylation sites (tertiary alicyclic amines) is 1. The molecule has 1 saturated carbocycles. The van der Waals surface area contributed by atoms with Gasteiger partial charge >= 0.3 is 0 Å². The molecular formula is C25H35ClN8O. The van der Waals surface area contributed by atoms with Crippen molar-refractivity contribution >= 4 is 35.1 Å². The van der Waals surface area contributed by atoms with Crippen molar-refractivity contribution in [2.45, 2.75) is 70.4 Å². The molecule has 1 saturated heterocycles. The topological polar surface area (TPSA) is 102 Å². The molecule has 0 amide bonds. The van der Waals surface area contributed by atoms with Crippen LogP contribution in [0.15, 0.2) is 18.2 Å². The van der Waals surface area contributed by atoms with Gasteiger partial charge in [0.2, 0.25) is 17.8 Å². The van der Waals surface area contributed by atoms with E-state index in [2.05, 4.69) is 43.6 Å². The number of hydrogen-bond donors (Lipinski definition) is 2. The van der Waals surface area contributed by atoms with Crippen molar-refractivity contribution in [3.63, 3.8) is 0 Å².